The zero-order chi connectivity index (χ0) is 24.1. The summed E-state index contributed by atoms with van der Waals surface area (Å²) in [6.07, 6.45) is 0.198. The largest absolute Gasteiger partial charge is 0.504 e. The van der Waals surface area contributed by atoms with Gasteiger partial charge in [0.25, 0.3) is 0 Å². The van der Waals surface area contributed by atoms with Gasteiger partial charge in [-0.3, -0.25) is 10.3 Å². The smallest absolute Gasteiger partial charge is 0.337 e. The van der Waals surface area contributed by atoms with Gasteiger partial charge in [0.2, 0.25) is 0 Å². The molecule has 4 rings (SSSR count). The van der Waals surface area contributed by atoms with Crippen molar-refractivity contribution in [3.8, 4) is 17.2 Å². The van der Waals surface area contributed by atoms with Crippen LogP contribution in [-0.4, -0.2) is 37.6 Å². The normalized spacial score (nSPS) is 17.6. The predicted molar refractivity (Wildman–Crippen MR) is 130 cm³/mol. The highest BCUT2D eigenvalue weighted by Gasteiger charge is 2.28. The molecule has 2 N–H and O–H groups in total. The van der Waals surface area contributed by atoms with Crippen LogP contribution in [0.4, 0.5) is 0 Å². The van der Waals surface area contributed by atoms with Crippen molar-refractivity contribution in [1.82, 2.24) is 5.32 Å². The van der Waals surface area contributed by atoms with Gasteiger partial charge in [-0.15, -0.1) is 0 Å². The highest BCUT2D eigenvalue weighted by molar-refractivity contribution is 6.01. The highest BCUT2D eigenvalue weighted by atomic mass is 16.5. The Labute approximate surface area is 199 Å². The third-order valence-electron chi connectivity index (χ3n) is 5.82. The van der Waals surface area contributed by atoms with Crippen LogP contribution >= 0.6 is 0 Å². The van der Waals surface area contributed by atoms with Gasteiger partial charge < -0.3 is 19.3 Å². The molecular formula is C27H28N2O5. The molecule has 34 heavy (non-hydrogen) atoms. The quantitative estimate of drug-likeness (QED) is 0.492. The Morgan fingerprint density at radius 1 is 1.06 bits per heavy atom. The first-order chi connectivity index (χ1) is 16.5. The molecular weight excluding hydrogens is 432 g/mol. The number of benzene rings is 3. The fourth-order valence-corrected chi connectivity index (χ4v) is 4.05. The van der Waals surface area contributed by atoms with E-state index in [1.54, 1.807) is 25.3 Å². The summed E-state index contributed by atoms with van der Waals surface area (Å²) in [6.45, 7) is 2.34. The molecule has 0 saturated carbocycles. The Kier molecular flexibility index (Phi) is 7.13. The molecule has 0 saturated heterocycles. The van der Waals surface area contributed by atoms with Gasteiger partial charge in [-0.1, -0.05) is 24.3 Å². The minimum Gasteiger partial charge on any atom is -0.504 e. The Morgan fingerprint density at radius 2 is 1.79 bits per heavy atom. The second kappa shape index (κ2) is 10.4. The average molecular weight is 461 g/mol. The van der Waals surface area contributed by atoms with Crippen molar-refractivity contribution in [3.63, 3.8) is 0 Å². The molecule has 0 amide bonds. The van der Waals surface area contributed by atoms with Crippen LogP contribution in [0, 0.1) is 0 Å². The van der Waals surface area contributed by atoms with Crippen molar-refractivity contribution in [1.29, 1.82) is 0 Å². The lowest BCUT2D eigenvalue weighted by Gasteiger charge is -2.31. The number of hydrogen-bond acceptors (Lipinski definition) is 7. The molecule has 0 aromatic heterocycles. The molecule has 0 aliphatic carbocycles. The molecule has 3 aromatic rings. The van der Waals surface area contributed by atoms with Crippen molar-refractivity contribution < 1.29 is 24.1 Å². The van der Waals surface area contributed by atoms with Crippen LogP contribution in [-0.2, 0) is 4.74 Å². The van der Waals surface area contributed by atoms with Crippen LogP contribution < -0.4 is 14.8 Å². The number of aliphatic imine (C=N–C) groups is 1. The molecule has 1 aliphatic heterocycles. The summed E-state index contributed by atoms with van der Waals surface area (Å²) >= 11 is 0. The van der Waals surface area contributed by atoms with Gasteiger partial charge in [-0.25, -0.2) is 4.79 Å². The first-order valence-electron chi connectivity index (χ1n) is 11.1. The van der Waals surface area contributed by atoms with E-state index < -0.39 is 0 Å². The number of para-hydroxylation sites is 1. The van der Waals surface area contributed by atoms with Crippen molar-refractivity contribution in [2.24, 2.45) is 4.99 Å². The number of rotatable bonds is 7. The number of phenols is 1. The Balaban J connectivity index is 1.72. The predicted octanol–water partition coefficient (Wildman–Crippen LogP) is 4.81. The minimum atomic E-state index is -0.388. The maximum atomic E-state index is 11.8. The van der Waals surface area contributed by atoms with Crippen LogP contribution in [0.3, 0.4) is 0 Å². The van der Waals surface area contributed by atoms with Gasteiger partial charge in [0, 0.05) is 23.7 Å². The number of nitrogens with one attached hydrogen (secondary N) is 1. The molecule has 3 aromatic carbocycles. The van der Waals surface area contributed by atoms with Crippen LogP contribution in [0.1, 0.15) is 52.6 Å². The number of phenolic OH excluding ortho intramolecular Hbond substituents is 1. The number of methoxy groups -OCH3 is 2. The molecule has 176 valence electrons. The Hall–Kier alpha value is -3.84. The van der Waals surface area contributed by atoms with Crippen LogP contribution in [0.5, 0.6) is 17.2 Å². The zero-order valence-corrected chi connectivity index (χ0v) is 19.4. The number of nitrogens with zero attached hydrogens (tertiary/aromatic N) is 1. The Bertz CT molecular complexity index is 1170. The van der Waals surface area contributed by atoms with Gasteiger partial charge in [0.15, 0.2) is 11.5 Å². The molecule has 0 radical (unpaired) electrons. The number of ether oxygens (including phenoxy) is 3. The van der Waals surface area contributed by atoms with Gasteiger partial charge >= 0.3 is 5.97 Å². The third-order valence-corrected chi connectivity index (χ3v) is 5.82. The van der Waals surface area contributed by atoms with Crippen molar-refractivity contribution in [2.75, 3.05) is 20.8 Å². The summed E-state index contributed by atoms with van der Waals surface area (Å²) in [5, 5.41) is 14.4. The van der Waals surface area contributed by atoms with Crippen molar-refractivity contribution in [3.05, 3.63) is 89.0 Å². The molecule has 0 fully saturated rings. The van der Waals surface area contributed by atoms with E-state index in [-0.39, 0.29) is 23.9 Å². The topological polar surface area (TPSA) is 89.4 Å². The molecule has 7 heteroatoms. The second-order valence-corrected chi connectivity index (χ2v) is 7.87. The lowest BCUT2D eigenvalue weighted by atomic mass is 9.93. The van der Waals surface area contributed by atoms with E-state index in [0.717, 1.165) is 28.2 Å². The van der Waals surface area contributed by atoms with Gasteiger partial charge in [-0.2, -0.15) is 0 Å². The minimum absolute atomic E-state index is 0.123. The monoisotopic (exact) mass is 460 g/mol. The number of carbonyl (C=O) groups excluding carboxylic acids is 1. The lowest BCUT2D eigenvalue weighted by molar-refractivity contribution is 0.0600. The zero-order valence-electron chi connectivity index (χ0n) is 19.4. The fourth-order valence-electron chi connectivity index (χ4n) is 4.05. The van der Waals surface area contributed by atoms with Crippen LogP contribution in [0.25, 0.3) is 0 Å². The molecule has 0 bridgehead atoms. The van der Waals surface area contributed by atoms with E-state index >= 15 is 0 Å². The fraction of sp³-hybridized carbons (Fsp3) is 0.259. The lowest BCUT2D eigenvalue weighted by Crippen LogP contribution is -2.33. The number of aromatic hydroxyl groups is 1. The molecule has 1 aliphatic rings. The molecule has 1 heterocycles. The summed E-state index contributed by atoms with van der Waals surface area (Å²) in [7, 11) is 2.99. The molecule has 2 atom stereocenters. The molecule has 7 nitrogen and oxygen atoms in total. The summed E-state index contributed by atoms with van der Waals surface area (Å²) in [6, 6.07) is 20.3. The first kappa shape index (κ1) is 23.3. The summed E-state index contributed by atoms with van der Waals surface area (Å²) < 4.78 is 15.7. The SMILES string of the molecule is CCOc1cccc([C@H]2CC(c3ccc(OC)cc3)=N[C@@H](c3ccc(C(=O)OC)cc3)N2)c1O. The third kappa shape index (κ3) is 4.89. The molecule has 0 spiro atoms. The molecule has 0 unspecified atom stereocenters. The van der Waals surface area contributed by atoms with Crippen molar-refractivity contribution >= 4 is 11.7 Å². The standard InChI is InChI=1S/C27H28N2O5/c1-4-34-24-7-5-6-21(25(24)30)23-16-22(17-12-14-20(32-2)15-13-17)28-26(29-23)18-8-10-19(11-9-18)27(31)33-3/h5-15,23,26,29-30H,4,16H2,1-3H3/t23-,26-/m1/s1. The van der Waals surface area contributed by atoms with Crippen LogP contribution in [0.2, 0.25) is 0 Å². The van der Waals surface area contributed by atoms with Gasteiger partial charge in [0.1, 0.15) is 11.9 Å². The summed E-state index contributed by atoms with van der Waals surface area (Å²) in [5.41, 5.74) is 3.98. The van der Waals surface area contributed by atoms with Gasteiger partial charge in [0.05, 0.1) is 26.4 Å². The van der Waals surface area contributed by atoms with E-state index in [1.807, 2.05) is 55.5 Å². The maximum absolute atomic E-state index is 11.8. The van der Waals surface area contributed by atoms with E-state index in [0.29, 0.717) is 24.3 Å². The van der Waals surface area contributed by atoms with Gasteiger partial charge in [-0.05, 0) is 60.5 Å². The van der Waals surface area contributed by atoms with E-state index in [4.69, 9.17) is 19.2 Å². The second-order valence-electron chi connectivity index (χ2n) is 7.87. The van der Waals surface area contributed by atoms with Crippen molar-refractivity contribution in [2.45, 2.75) is 25.6 Å². The highest BCUT2D eigenvalue weighted by Crippen LogP contribution is 2.39. The van der Waals surface area contributed by atoms with Crippen LogP contribution in [0.15, 0.2) is 71.7 Å². The number of carbonyl (C=O) groups is 1. The Morgan fingerprint density at radius 3 is 2.44 bits per heavy atom. The first-order valence-corrected chi connectivity index (χ1v) is 11.1. The number of hydrogen-bond donors (Lipinski definition) is 2. The van der Waals surface area contributed by atoms with E-state index in [9.17, 15) is 9.90 Å². The summed E-state index contributed by atoms with van der Waals surface area (Å²) in [4.78, 5) is 16.8. The van der Waals surface area contributed by atoms with E-state index in [1.165, 1.54) is 7.11 Å². The number of esters is 1. The summed E-state index contributed by atoms with van der Waals surface area (Å²) in [5.74, 6) is 0.958. The van der Waals surface area contributed by atoms with E-state index in [2.05, 4.69) is 5.32 Å². The maximum Gasteiger partial charge on any atom is 0.337 e. The average Bonchev–Trinajstić information content (AvgIpc) is 2.89.